The van der Waals surface area contributed by atoms with Crippen molar-refractivity contribution in [3.63, 3.8) is 0 Å². The molecule has 0 unspecified atom stereocenters. The molecule has 3 rings (SSSR count). The zero-order valence-corrected chi connectivity index (χ0v) is 10.2. The van der Waals surface area contributed by atoms with Gasteiger partial charge in [0.2, 0.25) is 5.28 Å². The van der Waals surface area contributed by atoms with E-state index in [4.69, 9.17) is 11.6 Å². The van der Waals surface area contributed by atoms with Gasteiger partial charge in [0.25, 0.3) is 0 Å². The monoisotopic (exact) mass is 262 g/mol. The van der Waals surface area contributed by atoms with Crippen molar-refractivity contribution < 1.29 is 4.39 Å². The molecule has 0 fully saturated rings. The highest BCUT2D eigenvalue weighted by molar-refractivity contribution is 6.28. The summed E-state index contributed by atoms with van der Waals surface area (Å²) in [6.07, 6.45) is 4.93. The van der Waals surface area contributed by atoms with E-state index in [1.807, 2.05) is 6.92 Å². The van der Waals surface area contributed by atoms with Gasteiger partial charge in [-0.25, -0.2) is 19.3 Å². The number of imidazole rings is 1. The molecule has 0 saturated carbocycles. The molecular formula is C12H8ClFN4. The van der Waals surface area contributed by atoms with Crippen molar-refractivity contribution in [3.05, 3.63) is 47.4 Å². The highest BCUT2D eigenvalue weighted by atomic mass is 35.5. The minimum Gasteiger partial charge on any atom is -0.296 e. The summed E-state index contributed by atoms with van der Waals surface area (Å²) in [7, 11) is 0. The zero-order valence-electron chi connectivity index (χ0n) is 9.43. The Balaban J connectivity index is 2.32. The summed E-state index contributed by atoms with van der Waals surface area (Å²) in [4.78, 5) is 12.1. The molecule has 0 N–H and O–H groups in total. The standard InChI is InChI=1S/C12H8ClFN4/c1-7-5-16-12(13)17-10(7)9-6-15-11-8(14)3-2-4-18(9)11/h2-6H,1H3. The molecule has 0 saturated heterocycles. The second kappa shape index (κ2) is 4.03. The van der Waals surface area contributed by atoms with Crippen molar-refractivity contribution in [1.29, 1.82) is 0 Å². The van der Waals surface area contributed by atoms with Crippen LogP contribution in [0.1, 0.15) is 5.56 Å². The van der Waals surface area contributed by atoms with E-state index in [1.54, 1.807) is 29.1 Å². The highest BCUT2D eigenvalue weighted by Crippen LogP contribution is 2.23. The van der Waals surface area contributed by atoms with Crippen molar-refractivity contribution in [2.75, 3.05) is 0 Å². The van der Waals surface area contributed by atoms with Crippen molar-refractivity contribution in [1.82, 2.24) is 19.4 Å². The lowest BCUT2D eigenvalue weighted by Gasteiger charge is -2.04. The smallest absolute Gasteiger partial charge is 0.222 e. The maximum absolute atomic E-state index is 13.6. The molecule has 0 atom stereocenters. The van der Waals surface area contributed by atoms with Crippen LogP contribution in [-0.4, -0.2) is 19.4 Å². The molecule has 4 nitrogen and oxygen atoms in total. The minimum absolute atomic E-state index is 0.155. The Hall–Kier alpha value is -2.01. The zero-order chi connectivity index (χ0) is 12.7. The van der Waals surface area contributed by atoms with Crippen LogP contribution in [0.5, 0.6) is 0 Å². The normalized spacial score (nSPS) is 11.1. The van der Waals surface area contributed by atoms with Gasteiger partial charge in [-0.05, 0) is 36.2 Å². The van der Waals surface area contributed by atoms with Crippen LogP contribution < -0.4 is 0 Å². The van der Waals surface area contributed by atoms with Crippen LogP contribution in [0.25, 0.3) is 17.0 Å². The average molecular weight is 263 g/mol. The number of aryl methyl sites for hydroxylation is 1. The molecule has 3 aromatic heterocycles. The Kier molecular flexibility index (Phi) is 2.48. The summed E-state index contributed by atoms with van der Waals surface area (Å²) in [6, 6.07) is 2.98. The predicted molar refractivity (Wildman–Crippen MR) is 65.9 cm³/mol. The van der Waals surface area contributed by atoms with E-state index < -0.39 is 0 Å². The minimum atomic E-state index is -0.374. The number of nitrogens with zero attached hydrogens (tertiary/aromatic N) is 4. The molecule has 0 aliphatic carbocycles. The second-order valence-corrected chi connectivity index (χ2v) is 4.20. The number of halogens is 2. The molecule has 3 heterocycles. The predicted octanol–water partition coefficient (Wildman–Crippen LogP) is 2.89. The summed E-state index contributed by atoms with van der Waals surface area (Å²) in [5, 5.41) is 0.155. The summed E-state index contributed by atoms with van der Waals surface area (Å²) in [5.74, 6) is -0.374. The average Bonchev–Trinajstić information content (AvgIpc) is 2.77. The van der Waals surface area contributed by atoms with Gasteiger partial charge in [-0.15, -0.1) is 0 Å². The Bertz CT molecular complexity index is 738. The van der Waals surface area contributed by atoms with Gasteiger partial charge in [0, 0.05) is 12.4 Å². The summed E-state index contributed by atoms with van der Waals surface area (Å²) >= 11 is 5.79. The first-order valence-electron chi connectivity index (χ1n) is 5.28. The molecule has 0 amide bonds. The van der Waals surface area contributed by atoms with Crippen LogP contribution in [0.2, 0.25) is 5.28 Å². The lowest BCUT2D eigenvalue weighted by molar-refractivity contribution is 0.630. The lowest BCUT2D eigenvalue weighted by atomic mass is 10.2. The fraction of sp³-hybridized carbons (Fsp3) is 0.0833. The maximum Gasteiger partial charge on any atom is 0.222 e. The summed E-state index contributed by atoms with van der Waals surface area (Å²) in [6.45, 7) is 1.87. The number of hydrogen-bond acceptors (Lipinski definition) is 3. The van der Waals surface area contributed by atoms with E-state index in [0.717, 1.165) is 5.56 Å². The van der Waals surface area contributed by atoms with Gasteiger partial charge in [-0.2, -0.15) is 0 Å². The number of rotatable bonds is 1. The first kappa shape index (κ1) is 11.1. The van der Waals surface area contributed by atoms with Gasteiger partial charge in [-0.3, -0.25) is 4.40 Å². The van der Waals surface area contributed by atoms with Gasteiger partial charge in [0.1, 0.15) is 0 Å². The molecule has 0 spiro atoms. The molecule has 0 aliphatic rings. The molecule has 3 aromatic rings. The van der Waals surface area contributed by atoms with E-state index in [9.17, 15) is 4.39 Å². The molecule has 0 bridgehead atoms. The van der Waals surface area contributed by atoms with Crippen LogP contribution in [0.15, 0.2) is 30.7 Å². The summed E-state index contributed by atoms with van der Waals surface area (Å²) < 4.78 is 15.2. The number of aromatic nitrogens is 4. The number of pyridine rings is 1. The van der Waals surface area contributed by atoms with E-state index in [0.29, 0.717) is 11.4 Å². The van der Waals surface area contributed by atoms with E-state index >= 15 is 0 Å². The Morgan fingerprint density at radius 2 is 2.11 bits per heavy atom. The molecule has 0 aromatic carbocycles. The van der Waals surface area contributed by atoms with Gasteiger partial charge in [0.15, 0.2) is 11.5 Å². The fourth-order valence-corrected chi connectivity index (χ4v) is 1.96. The van der Waals surface area contributed by atoms with Crippen LogP contribution in [0.4, 0.5) is 4.39 Å². The molecular weight excluding hydrogens is 255 g/mol. The van der Waals surface area contributed by atoms with Crippen molar-refractivity contribution in [3.8, 4) is 11.4 Å². The van der Waals surface area contributed by atoms with Crippen molar-refractivity contribution in [2.45, 2.75) is 6.92 Å². The highest BCUT2D eigenvalue weighted by Gasteiger charge is 2.12. The fourth-order valence-electron chi connectivity index (χ4n) is 1.83. The quantitative estimate of drug-likeness (QED) is 0.634. The topological polar surface area (TPSA) is 43.1 Å². The second-order valence-electron chi connectivity index (χ2n) is 3.86. The Labute approximate surface area is 107 Å². The maximum atomic E-state index is 13.6. The number of hydrogen-bond donors (Lipinski definition) is 0. The molecule has 0 radical (unpaired) electrons. The Morgan fingerprint density at radius 1 is 1.28 bits per heavy atom. The van der Waals surface area contributed by atoms with Gasteiger partial charge < -0.3 is 0 Å². The first-order chi connectivity index (χ1) is 8.66. The molecule has 90 valence electrons. The van der Waals surface area contributed by atoms with Crippen LogP contribution in [0, 0.1) is 12.7 Å². The van der Waals surface area contributed by atoms with E-state index in [2.05, 4.69) is 15.0 Å². The van der Waals surface area contributed by atoms with Gasteiger partial charge >= 0.3 is 0 Å². The third-order valence-electron chi connectivity index (χ3n) is 2.67. The lowest BCUT2D eigenvalue weighted by Crippen LogP contribution is -1.96. The van der Waals surface area contributed by atoms with E-state index in [1.165, 1.54) is 6.07 Å². The molecule has 18 heavy (non-hydrogen) atoms. The number of fused-ring (bicyclic) bond motifs is 1. The van der Waals surface area contributed by atoms with Crippen LogP contribution >= 0.6 is 11.6 Å². The summed E-state index contributed by atoms with van der Waals surface area (Å²) in [5.41, 5.74) is 2.45. The van der Waals surface area contributed by atoms with Crippen LogP contribution in [0.3, 0.4) is 0 Å². The largest absolute Gasteiger partial charge is 0.296 e. The van der Waals surface area contributed by atoms with Crippen LogP contribution in [-0.2, 0) is 0 Å². The van der Waals surface area contributed by atoms with E-state index in [-0.39, 0.29) is 16.7 Å². The molecule has 6 heteroatoms. The Morgan fingerprint density at radius 3 is 2.94 bits per heavy atom. The van der Waals surface area contributed by atoms with Crippen molar-refractivity contribution in [2.24, 2.45) is 0 Å². The molecule has 0 aliphatic heterocycles. The first-order valence-corrected chi connectivity index (χ1v) is 5.65. The van der Waals surface area contributed by atoms with Crippen molar-refractivity contribution >= 4 is 17.2 Å². The van der Waals surface area contributed by atoms with Gasteiger partial charge in [-0.1, -0.05) is 0 Å². The SMILES string of the molecule is Cc1cnc(Cl)nc1-c1cnc2c(F)cccn12. The van der Waals surface area contributed by atoms with Gasteiger partial charge in [0.05, 0.1) is 17.6 Å². The third kappa shape index (κ3) is 1.64. The third-order valence-corrected chi connectivity index (χ3v) is 2.86.